The van der Waals surface area contributed by atoms with Gasteiger partial charge in [-0.1, -0.05) is 29.8 Å². The highest BCUT2D eigenvalue weighted by Gasteiger charge is 2.30. The molecule has 10 heteroatoms. The molecule has 0 aromatic carbocycles. The van der Waals surface area contributed by atoms with Crippen LogP contribution in [-0.2, 0) is 23.9 Å². The van der Waals surface area contributed by atoms with Gasteiger partial charge in [0.25, 0.3) is 0 Å². The van der Waals surface area contributed by atoms with E-state index in [1.165, 1.54) is 6.92 Å². The molecule has 0 aliphatic heterocycles. The van der Waals surface area contributed by atoms with Gasteiger partial charge in [0.2, 0.25) is 17.7 Å². The van der Waals surface area contributed by atoms with E-state index in [9.17, 15) is 19.2 Å². The van der Waals surface area contributed by atoms with Gasteiger partial charge < -0.3 is 26.4 Å². The minimum Gasteiger partial charge on any atom is -0.458 e. The first-order chi connectivity index (χ1) is 13.8. The van der Waals surface area contributed by atoms with E-state index < -0.39 is 41.5 Å². The third kappa shape index (κ3) is 11.5. The van der Waals surface area contributed by atoms with E-state index in [1.54, 1.807) is 34.6 Å². The molecule has 0 fully saturated rings. The van der Waals surface area contributed by atoms with Crippen molar-refractivity contribution in [3.8, 4) is 0 Å². The fraction of sp³-hybridized carbons (Fsp3) is 0.800. The lowest BCUT2D eigenvalue weighted by Gasteiger charge is -2.26. The molecule has 0 spiro atoms. The van der Waals surface area contributed by atoms with Crippen molar-refractivity contribution in [1.82, 2.24) is 16.0 Å². The lowest BCUT2D eigenvalue weighted by molar-refractivity contribution is -0.159. The van der Waals surface area contributed by atoms with Crippen LogP contribution in [0.1, 0.15) is 60.8 Å². The van der Waals surface area contributed by atoms with E-state index in [0.717, 1.165) is 0 Å². The Morgan fingerprint density at radius 2 is 1.57 bits per heavy atom. The summed E-state index contributed by atoms with van der Waals surface area (Å²) in [7, 11) is 0. The number of hydrogen-bond donors (Lipinski definition) is 4. The molecule has 9 nitrogen and oxygen atoms in total. The van der Waals surface area contributed by atoms with Crippen molar-refractivity contribution in [2.45, 2.75) is 84.5 Å². The standard InChI is InChI=1S/C20H37BrN4O5/c1-12(2)16(25-15(26)11-21)18(28)23-13(3)17(27)24-14(9-7-8-10-22)19(29)30-20(4,5)6/h12-14,16H,7-11,22H2,1-6H3,(H,23,28)(H,24,27)(H,25,26)/t13-,14-,16-/m0/s1. The van der Waals surface area contributed by atoms with Gasteiger partial charge in [0.05, 0.1) is 5.33 Å². The quantitative estimate of drug-likeness (QED) is 0.182. The van der Waals surface area contributed by atoms with Gasteiger partial charge in [-0.25, -0.2) is 4.79 Å². The molecule has 174 valence electrons. The normalized spacial score (nSPS) is 14.4. The predicted octanol–water partition coefficient (Wildman–Crippen LogP) is 0.982. The zero-order valence-electron chi connectivity index (χ0n) is 18.8. The zero-order valence-corrected chi connectivity index (χ0v) is 20.4. The van der Waals surface area contributed by atoms with Crippen molar-refractivity contribution in [3.63, 3.8) is 0 Å². The van der Waals surface area contributed by atoms with Crippen molar-refractivity contribution in [1.29, 1.82) is 0 Å². The van der Waals surface area contributed by atoms with Crippen molar-refractivity contribution in [2.24, 2.45) is 11.7 Å². The van der Waals surface area contributed by atoms with Crippen LogP contribution < -0.4 is 21.7 Å². The Hall–Kier alpha value is -1.68. The lowest BCUT2D eigenvalue weighted by atomic mass is 10.0. The van der Waals surface area contributed by atoms with Gasteiger partial charge in [-0.05, 0) is 59.4 Å². The number of carbonyl (C=O) groups is 4. The minimum absolute atomic E-state index is 0.0694. The van der Waals surface area contributed by atoms with Crippen LogP contribution in [0.4, 0.5) is 0 Å². The molecular formula is C20H37BrN4O5. The topological polar surface area (TPSA) is 140 Å². The SMILES string of the molecule is CC(C)[C@H](NC(=O)CBr)C(=O)N[C@@H](C)C(=O)N[C@@H](CCCCN)C(=O)OC(C)(C)C. The molecule has 0 bridgehead atoms. The number of rotatable bonds is 12. The number of unbranched alkanes of at least 4 members (excludes halogenated alkanes) is 1. The lowest BCUT2D eigenvalue weighted by Crippen LogP contribution is -2.56. The summed E-state index contributed by atoms with van der Waals surface area (Å²) >= 11 is 3.04. The summed E-state index contributed by atoms with van der Waals surface area (Å²) < 4.78 is 5.39. The molecule has 0 radical (unpaired) electrons. The maximum Gasteiger partial charge on any atom is 0.329 e. The highest BCUT2D eigenvalue weighted by Crippen LogP contribution is 2.12. The number of alkyl halides is 1. The molecule has 5 N–H and O–H groups in total. The maximum atomic E-state index is 12.6. The smallest absolute Gasteiger partial charge is 0.329 e. The molecule has 0 saturated carbocycles. The second-order valence-corrected chi connectivity index (χ2v) is 9.09. The van der Waals surface area contributed by atoms with Crippen LogP contribution in [0.5, 0.6) is 0 Å². The largest absolute Gasteiger partial charge is 0.458 e. The Balaban J connectivity index is 5.08. The number of carbonyl (C=O) groups excluding carboxylic acids is 4. The van der Waals surface area contributed by atoms with Crippen LogP contribution >= 0.6 is 15.9 Å². The summed E-state index contributed by atoms with van der Waals surface area (Å²) in [5.41, 5.74) is 4.82. The number of amides is 3. The number of ether oxygens (including phenoxy) is 1. The third-order valence-electron chi connectivity index (χ3n) is 4.09. The van der Waals surface area contributed by atoms with E-state index in [2.05, 4.69) is 31.9 Å². The van der Waals surface area contributed by atoms with Crippen molar-refractivity contribution in [3.05, 3.63) is 0 Å². The molecule has 3 amide bonds. The van der Waals surface area contributed by atoms with Gasteiger partial charge in [0, 0.05) is 0 Å². The Kier molecular flexibility index (Phi) is 12.8. The third-order valence-corrected chi connectivity index (χ3v) is 4.60. The Morgan fingerprint density at radius 3 is 2.03 bits per heavy atom. The number of nitrogens with one attached hydrogen (secondary N) is 3. The predicted molar refractivity (Wildman–Crippen MR) is 119 cm³/mol. The number of esters is 1. The molecule has 30 heavy (non-hydrogen) atoms. The maximum absolute atomic E-state index is 12.6. The monoisotopic (exact) mass is 492 g/mol. The van der Waals surface area contributed by atoms with Crippen LogP contribution in [0.15, 0.2) is 0 Å². The van der Waals surface area contributed by atoms with Crippen LogP contribution in [0.3, 0.4) is 0 Å². The van der Waals surface area contributed by atoms with E-state index in [-0.39, 0.29) is 17.2 Å². The van der Waals surface area contributed by atoms with Crippen LogP contribution in [0, 0.1) is 5.92 Å². The summed E-state index contributed by atoms with van der Waals surface area (Å²) in [6.45, 7) is 10.8. The van der Waals surface area contributed by atoms with E-state index in [0.29, 0.717) is 25.8 Å². The number of halogens is 1. The average molecular weight is 493 g/mol. The van der Waals surface area contributed by atoms with Crippen LogP contribution in [-0.4, -0.2) is 59.3 Å². The number of nitrogens with two attached hydrogens (primary N) is 1. The molecule has 0 aromatic heterocycles. The molecule has 0 heterocycles. The summed E-state index contributed by atoms with van der Waals surface area (Å²) in [6, 6.07) is -2.52. The molecule has 0 aliphatic carbocycles. The van der Waals surface area contributed by atoms with Crippen LogP contribution in [0.25, 0.3) is 0 Å². The Bertz CT molecular complexity index is 592. The fourth-order valence-electron chi connectivity index (χ4n) is 2.53. The second-order valence-electron chi connectivity index (χ2n) is 8.53. The molecule has 0 saturated heterocycles. The summed E-state index contributed by atoms with van der Waals surface area (Å²) in [5.74, 6) is -2.02. The first-order valence-corrected chi connectivity index (χ1v) is 11.3. The van der Waals surface area contributed by atoms with Gasteiger partial charge in [0.1, 0.15) is 23.7 Å². The van der Waals surface area contributed by atoms with E-state index in [1.807, 2.05) is 0 Å². The summed E-state index contributed by atoms with van der Waals surface area (Å²) in [4.78, 5) is 49.3. The Morgan fingerprint density at radius 1 is 0.967 bits per heavy atom. The minimum atomic E-state index is -0.904. The summed E-state index contributed by atoms with van der Waals surface area (Å²) in [5, 5.41) is 7.94. The first kappa shape index (κ1) is 28.3. The molecule has 0 aromatic rings. The van der Waals surface area contributed by atoms with Crippen molar-refractivity contribution < 1.29 is 23.9 Å². The van der Waals surface area contributed by atoms with E-state index >= 15 is 0 Å². The number of hydrogen-bond acceptors (Lipinski definition) is 6. The van der Waals surface area contributed by atoms with E-state index in [4.69, 9.17) is 10.5 Å². The Labute approximate surface area is 187 Å². The van der Waals surface area contributed by atoms with Gasteiger partial charge in [-0.3, -0.25) is 14.4 Å². The van der Waals surface area contributed by atoms with Gasteiger partial charge in [-0.2, -0.15) is 0 Å². The molecule has 0 unspecified atom stereocenters. The molecule has 0 aliphatic rings. The van der Waals surface area contributed by atoms with Gasteiger partial charge in [0.15, 0.2) is 0 Å². The van der Waals surface area contributed by atoms with Gasteiger partial charge in [-0.15, -0.1) is 0 Å². The fourth-order valence-corrected chi connectivity index (χ4v) is 2.69. The van der Waals surface area contributed by atoms with Crippen molar-refractivity contribution in [2.75, 3.05) is 11.9 Å². The zero-order chi connectivity index (χ0) is 23.5. The molecular weight excluding hydrogens is 456 g/mol. The van der Waals surface area contributed by atoms with Crippen LogP contribution in [0.2, 0.25) is 0 Å². The highest BCUT2D eigenvalue weighted by molar-refractivity contribution is 9.09. The first-order valence-electron chi connectivity index (χ1n) is 10.2. The van der Waals surface area contributed by atoms with Gasteiger partial charge >= 0.3 is 5.97 Å². The second kappa shape index (κ2) is 13.6. The molecule has 0 rings (SSSR count). The molecule has 3 atom stereocenters. The van der Waals surface area contributed by atoms with Crippen molar-refractivity contribution >= 4 is 39.6 Å². The summed E-state index contributed by atoms with van der Waals surface area (Å²) in [6.07, 6.45) is 1.74. The highest BCUT2D eigenvalue weighted by atomic mass is 79.9. The average Bonchev–Trinajstić information content (AvgIpc) is 2.62.